The Kier molecular flexibility index (Phi) is 7.47. The summed E-state index contributed by atoms with van der Waals surface area (Å²) in [6, 6.07) is 33.7. The first-order valence-corrected chi connectivity index (χ1v) is 14.2. The van der Waals surface area contributed by atoms with Gasteiger partial charge in [-0.25, -0.2) is 0 Å². The molecule has 6 rings (SSSR count). The summed E-state index contributed by atoms with van der Waals surface area (Å²) >= 11 is 0. The fourth-order valence-electron chi connectivity index (χ4n) is 5.55. The summed E-state index contributed by atoms with van der Waals surface area (Å²) in [4.78, 5) is 34.4. The number of rotatable bonds is 7. The molecule has 8 nitrogen and oxygen atoms in total. The molecule has 0 atom stereocenters. The maximum Gasteiger partial charge on any atom is 0.272 e. The van der Waals surface area contributed by atoms with Gasteiger partial charge in [0.15, 0.2) is 0 Å². The Balaban J connectivity index is 1.51. The van der Waals surface area contributed by atoms with Gasteiger partial charge in [0.25, 0.3) is 11.8 Å². The molecule has 0 saturated carbocycles. The van der Waals surface area contributed by atoms with Crippen LogP contribution in [0.3, 0.4) is 0 Å². The summed E-state index contributed by atoms with van der Waals surface area (Å²) in [5, 5.41) is 5.91. The first-order valence-electron chi connectivity index (χ1n) is 14.2. The van der Waals surface area contributed by atoms with Gasteiger partial charge in [0.2, 0.25) is 0 Å². The molecule has 2 heterocycles. The van der Waals surface area contributed by atoms with Crippen molar-refractivity contribution in [1.82, 2.24) is 9.97 Å². The van der Waals surface area contributed by atoms with E-state index in [0.29, 0.717) is 45.5 Å². The number of aromatic nitrogens is 2. The summed E-state index contributed by atoms with van der Waals surface area (Å²) in [5.41, 5.74) is 21.4. The van der Waals surface area contributed by atoms with Crippen LogP contribution in [0, 0.1) is 13.8 Å². The average Bonchev–Trinajstić information content (AvgIpc) is 3.56. The van der Waals surface area contributed by atoms with E-state index in [1.165, 1.54) is 0 Å². The predicted octanol–water partition coefficient (Wildman–Crippen LogP) is 7.63. The number of nitrogens with one attached hydrogen (secondary N) is 4. The molecule has 0 unspecified atom stereocenters. The highest BCUT2D eigenvalue weighted by molar-refractivity contribution is 6.12. The van der Waals surface area contributed by atoms with Gasteiger partial charge in [0, 0.05) is 11.1 Å². The van der Waals surface area contributed by atoms with Gasteiger partial charge < -0.3 is 32.1 Å². The molecule has 0 saturated heterocycles. The third-order valence-electron chi connectivity index (χ3n) is 7.75. The number of benzene rings is 4. The van der Waals surface area contributed by atoms with Crippen molar-refractivity contribution >= 4 is 34.6 Å². The van der Waals surface area contributed by atoms with Crippen LogP contribution in [-0.4, -0.2) is 21.8 Å². The topological polar surface area (TPSA) is 142 Å². The van der Waals surface area contributed by atoms with Crippen molar-refractivity contribution in [3.63, 3.8) is 0 Å². The second-order valence-corrected chi connectivity index (χ2v) is 10.6. The van der Waals surface area contributed by atoms with Crippen LogP contribution in [0.25, 0.3) is 33.6 Å². The van der Waals surface area contributed by atoms with Crippen molar-refractivity contribution in [2.24, 2.45) is 0 Å². The number of nitrogen functional groups attached to an aromatic ring is 2. The molecule has 0 aliphatic rings. The standard InChI is InChI=1S/C36H32N6O2/c1-21-29(23-13-5-3-6-14-23)33(35(43)39-27-19-11-9-17-25(27)37)41-31(21)32-22(2)30(24-15-7-4-8-16-24)34(42-32)36(44)40-28-20-12-10-18-26(28)38/h3-20,41-42H,37-38H2,1-2H3,(H,39,43)(H,40,44). The Morgan fingerprint density at radius 2 is 0.864 bits per heavy atom. The van der Waals surface area contributed by atoms with E-state index in [-0.39, 0.29) is 11.8 Å². The van der Waals surface area contributed by atoms with Crippen LogP contribution in [0.2, 0.25) is 0 Å². The summed E-state index contributed by atoms with van der Waals surface area (Å²) in [5.74, 6) is -0.665. The highest BCUT2D eigenvalue weighted by Gasteiger charge is 2.28. The van der Waals surface area contributed by atoms with E-state index in [1.54, 1.807) is 24.3 Å². The van der Waals surface area contributed by atoms with Crippen LogP contribution in [0.15, 0.2) is 109 Å². The Morgan fingerprint density at radius 1 is 0.523 bits per heavy atom. The fourth-order valence-corrected chi connectivity index (χ4v) is 5.55. The largest absolute Gasteiger partial charge is 0.397 e. The van der Waals surface area contributed by atoms with Gasteiger partial charge >= 0.3 is 0 Å². The SMILES string of the molecule is Cc1c(-c2[nH]c(C(=O)Nc3ccccc3N)c(-c3ccccc3)c2C)[nH]c(C(=O)Nc2ccccc2N)c1-c1ccccc1. The third-order valence-corrected chi connectivity index (χ3v) is 7.75. The molecule has 6 aromatic rings. The van der Waals surface area contributed by atoms with E-state index in [2.05, 4.69) is 20.6 Å². The van der Waals surface area contributed by atoms with Crippen molar-refractivity contribution in [3.05, 3.63) is 132 Å². The number of aromatic amines is 2. The van der Waals surface area contributed by atoms with Crippen LogP contribution in [-0.2, 0) is 0 Å². The molecule has 0 aliphatic heterocycles. The molecule has 8 heteroatoms. The second kappa shape index (κ2) is 11.7. The smallest absolute Gasteiger partial charge is 0.272 e. The van der Waals surface area contributed by atoms with Crippen LogP contribution >= 0.6 is 0 Å². The number of amides is 2. The summed E-state index contributed by atoms with van der Waals surface area (Å²) < 4.78 is 0. The van der Waals surface area contributed by atoms with Crippen molar-refractivity contribution in [2.45, 2.75) is 13.8 Å². The van der Waals surface area contributed by atoms with E-state index < -0.39 is 0 Å². The van der Waals surface area contributed by atoms with E-state index in [0.717, 1.165) is 33.4 Å². The maximum atomic E-state index is 13.8. The zero-order chi connectivity index (χ0) is 30.8. The molecular weight excluding hydrogens is 548 g/mol. The minimum Gasteiger partial charge on any atom is -0.397 e. The quantitative estimate of drug-likeness (QED) is 0.108. The highest BCUT2D eigenvalue weighted by atomic mass is 16.2. The van der Waals surface area contributed by atoms with E-state index in [9.17, 15) is 9.59 Å². The van der Waals surface area contributed by atoms with Gasteiger partial charge in [0.1, 0.15) is 11.4 Å². The first-order chi connectivity index (χ1) is 21.3. The number of hydrogen-bond acceptors (Lipinski definition) is 4. The molecular formula is C36H32N6O2. The number of carbonyl (C=O) groups excluding carboxylic acids is 2. The number of hydrogen-bond donors (Lipinski definition) is 6. The lowest BCUT2D eigenvalue weighted by Crippen LogP contribution is -2.15. The van der Waals surface area contributed by atoms with Crippen molar-refractivity contribution in [3.8, 4) is 33.6 Å². The van der Waals surface area contributed by atoms with Gasteiger partial charge in [0.05, 0.1) is 34.1 Å². The Morgan fingerprint density at radius 3 is 1.23 bits per heavy atom. The van der Waals surface area contributed by atoms with E-state index in [4.69, 9.17) is 11.5 Å². The van der Waals surface area contributed by atoms with Gasteiger partial charge in [-0.1, -0.05) is 84.9 Å². The van der Waals surface area contributed by atoms with Crippen LogP contribution in [0.4, 0.5) is 22.7 Å². The molecule has 2 aromatic heterocycles. The first kappa shape index (κ1) is 28.1. The number of para-hydroxylation sites is 4. The lowest BCUT2D eigenvalue weighted by molar-refractivity contribution is 0.101. The van der Waals surface area contributed by atoms with Gasteiger partial charge in [-0.15, -0.1) is 0 Å². The number of H-pyrrole nitrogens is 2. The van der Waals surface area contributed by atoms with Gasteiger partial charge in [-0.05, 0) is 60.4 Å². The average molecular weight is 581 g/mol. The predicted molar refractivity (Wildman–Crippen MR) is 179 cm³/mol. The number of nitrogens with two attached hydrogens (primary N) is 2. The fraction of sp³-hybridized carbons (Fsp3) is 0.0556. The Hall–Kier alpha value is -6.02. The minimum atomic E-state index is -0.332. The van der Waals surface area contributed by atoms with Gasteiger partial charge in [-0.3, -0.25) is 9.59 Å². The highest BCUT2D eigenvalue weighted by Crippen LogP contribution is 2.40. The number of anilines is 4. The minimum absolute atomic E-state index is 0.332. The zero-order valence-electron chi connectivity index (χ0n) is 24.4. The molecule has 0 aliphatic carbocycles. The Bertz CT molecular complexity index is 1850. The van der Waals surface area contributed by atoms with E-state index in [1.807, 2.05) is 98.8 Å². The molecule has 2 amide bonds. The van der Waals surface area contributed by atoms with E-state index >= 15 is 0 Å². The molecule has 0 spiro atoms. The molecule has 0 radical (unpaired) electrons. The molecule has 218 valence electrons. The summed E-state index contributed by atoms with van der Waals surface area (Å²) in [7, 11) is 0. The number of carbonyl (C=O) groups is 2. The van der Waals surface area contributed by atoms with Crippen molar-refractivity contribution in [1.29, 1.82) is 0 Å². The maximum absolute atomic E-state index is 13.8. The molecule has 44 heavy (non-hydrogen) atoms. The lowest BCUT2D eigenvalue weighted by atomic mass is 9.97. The third kappa shape index (κ3) is 5.20. The molecule has 8 N–H and O–H groups in total. The molecule has 0 bridgehead atoms. The van der Waals surface area contributed by atoms with Crippen LogP contribution < -0.4 is 22.1 Å². The summed E-state index contributed by atoms with van der Waals surface area (Å²) in [6.07, 6.45) is 0. The second-order valence-electron chi connectivity index (χ2n) is 10.6. The summed E-state index contributed by atoms with van der Waals surface area (Å²) in [6.45, 7) is 3.93. The van der Waals surface area contributed by atoms with Crippen LogP contribution in [0.5, 0.6) is 0 Å². The normalized spacial score (nSPS) is 10.9. The van der Waals surface area contributed by atoms with Crippen molar-refractivity contribution < 1.29 is 9.59 Å². The lowest BCUT2D eigenvalue weighted by Gasteiger charge is -2.09. The van der Waals surface area contributed by atoms with Crippen molar-refractivity contribution in [2.75, 3.05) is 22.1 Å². The zero-order valence-corrected chi connectivity index (χ0v) is 24.4. The molecule has 0 fully saturated rings. The van der Waals surface area contributed by atoms with Gasteiger partial charge in [-0.2, -0.15) is 0 Å². The van der Waals surface area contributed by atoms with Crippen LogP contribution in [0.1, 0.15) is 32.1 Å². The molecule has 4 aromatic carbocycles. The Labute approximate surface area is 255 Å². The monoisotopic (exact) mass is 580 g/mol.